The number of amides is 1. The summed E-state index contributed by atoms with van der Waals surface area (Å²) < 4.78 is 28.3. The molecule has 0 radical (unpaired) electrons. The van der Waals surface area contributed by atoms with E-state index in [9.17, 15) is 13.6 Å². The fourth-order valence-electron chi connectivity index (χ4n) is 2.33. The quantitative estimate of drug-likeness (QED) is 0.455. The number of halogens is 2. The van der Waals surface area contributed by atoms with Crippen LogP contribution in [0.5, 0.6) is 0 Å². The lowest BCUT2D eigenvalue weighted by molar-refractivity contribution is -0.115. The van der Waals surface area contributed by atoms with Gasteiger partial charge in [0, 0.05) is 17.5 Å². The van der Waals surface area contributed by atoms with Crippen molar-refractivity contribution in [1.29, 1.82) is 0 Å². The number of thioether (sulfide) groups is 1. The highest BCUT2D eigenvalue weighted by Crippen LogP contribution is 2.28. The van der Waals surface area contributed by atoms with Crippen molar-refractivity contribution >= 4 is 34.1 Å². The molecule has 0 aliphatic rings. The van der Waals surface area contributed by atoms with Gasteiger partial charge in [-0.3, -0.25) is 4.79 Å². The van der Waals surface area contributed by atoms with Crippen molar-refractivity contribution in [3.05, 3.63) is 53.7 Å². The van der Waals surface area contributed by atoms with Crippen LogP contribution in [0.4, 0.5) is 13.9 Å². The molecule has 0 spiro atoms. The summed E-state index contributed by atoms with van der Waals surface area (Å²) in [6.07, 6.45) is 1.74. The molecule has 1 atom stereocenters. The second-order valence-electron chi connectivity index (χ2n) is 5.85. The van der Waals surface area contributed by atoms with Crippen molar-refractivity contribution in [2.45, 2.75) is 30.8 Å². The number of nitrogens with one attached hydrogen (secondary N) is 1. The minimum Gasteiger partial charge on any atom is -0.302 e. The Morgan fingerprint density at radius 3 is 2.89 bits per heavy atom. The van der Waals surface area contributed by atoms with Crippen molar-refractivity contribution in [1.82, 2.24) is 19.7 Å². The third kappa shape index (κ3) is 4.45. The minimum atomic E-state index is -0.944. The first-order valence-corrected chi connectivity index (χ1v) is 10.0. The van der Waals surface area contributed by atoms with E-state index in [-0.39, 0.29) is 5.91 Å². The number of hydrogen-bond acceptors (Lipinski definition) is 6. The van der Waals surface area contributed by atoms with Gasteiger partial charge in [0.05, 0.1) is 10.9 Å². The largest absolute Gasteiger partial charge is 0.302 e. The number of nitrogens with zero attached hydrogens (tertiary/aromatic N) is 4. The zero-order valence-electron chi connectivity index (χ0n) is 15.1. The molecule has 3 aromatic rings. The first kappa shape index (κ1) is 20.2. The number of rotatable bonds is 7. The molecule has 3 rings (SSSR count). The van der Waals surface area contributed by atoms with Gasteiger partial charge in [-0.1, -0.05) is 17.8 Å². The summed E-state index contributed by atoms with van der Waals surface area (Å²) in [4.78, 5) is 16.8. The second kappa shape index (κ2) is 8.61. The standard InChI is InChI=1S/C18H17F2N5OS2/c1-4-7-25-11(3)23-24-18(25)28-10(2)16(26)22-17-21-15(9-27-17)12-5-6-13(19)14(20)8-12/h4-6,8-10H,1,7H2,2-3H3,(H,21,22,26). The van der Waals surface area contributed by atoms with Crippen molar-refractivity contribution in [2.75, 3.05) is 5.32 Å². The zero-order chi connectivity index (χ0) is 20.3. The number of allylic oxidation sites excluding steroid dienone is 1. The molecule has 1 amide bonds. The molecule has 1 unspecified atom stereocenters. The molecule has 0 aliphatic carbocycles. The average molecular weight is 421 g/mol. The van der Waals surface area contributed by atoms with Gasteiger partial charge in [-0.25, -0.2) is 13.8 Å². The average Bonchev–Trinajstić information content (AvgIpc) is 3.26. The van der Waals surface area contributed by atoms with E-state index in [1.54, 1.807) is 18.4 Å². The zero-order valence-corrected chi connectivity index (χ0v) is 16.8. The maximum absolute atomic E-state index is 13.4. The predicted molar refractivity (Wildman–Crippen MR) is 106 cm³/mol. The van der Waals surface area contributed by atoms with Gasteiger partial charge in [-0.2, -0.15) is 0 Å². The fraction of sp³-hybridized carbons (Fsp3) is 0.222. The number of benzene rings is 1. The fourth-order valence-corrected chi connectivity index (χ4v) is 3.95. The first-order chi connectivity index (χ1) is 13.4. The van der Waals surface area contributed by atoms with E-state index in [1.807, 2.05) is 11.5 Å². The topological polar surface area (TPSA) is 72.7 Å². The van der Waals surface area contributed by atoms with Crippen LogP contribution in [-0.2, 0) is 11.3 Å². The van der Waals surface area contributed by atoms with Crippen LogP contribution in [0.15, 0.2) is 41.4 Å². The summed E-state index contributed by atoms with van der Waals surface area (Å²) >= 11 is 2.49. The number of anilines is 1. The van der Waals surface area contributed by atoms with Gasteiger partial charge in [0.1, 0.15) is 5.82 Å². The smallest absolute Gasteiger partial charge is 0.239 e. The lowest BCUT2D eigenvalue weighted by Gasteiger charge is -2.11. The van der Waals surface area contributed by atoms with Crippen LogP contribution in [0.3, 0.4) is 0 Å². The molecule has 6 nitrogen and oxygen atoms in total. The Hall–Kier alpha value is -2.59. The first-order valence-electron chi connectivity index (χ1n) is 8.28. The lowest BCUT2D eigenvalue weighted by Crippen LogP contribution is -2.22. The van der Waals surface area contributed by atoms with Crippen LogP contribution in [-0.4, -0.2) is 30.9 Å². The van der Waals surface area contributed by atoms with Gasteiger partial charge in [0.15, 0.2) is 21.9 Å². The summed E-state index contributed by atoms with van der Waals surface area (Å²) in [6.45, 7) is 7.85. The molecule has 2 heterocycles. The number of carbonyl (C=O) groups excluding carboxylic acids is 1. The van der Waals surface area contributed by atoms with E-state index < -0.39 is 16.9 Å². The van der Waals surface area contributed by atoms with Crippen molar-refractivity contribution in [3.63, 3.8) is 0 Å². The monoisotopic (exact) mass is 421 g/mol. The lowest BCUT2D eigenvalue weighted by atomic mass is 10.2. The second-order valence-corrected chi connectivity index (χ2v) is 8.01. The summed E-state index contributed by atoms with van der Waals surface area (Å²) in [5.74, 6) is -1.37. The molecular weight excluding hydrogens is 404 g/mol. The Balaban J connectivity index is 1.67. The third-order valence-corrected chi connectivity index (χ3v) is 5.65. The molecule has 1 N–H and O–H groups in total. The highest BCUT2D eigenvalue weighted by Gasteiger charge is 2.20. The Morgan fingerprint density at radius 1 is 1.39 bits per heavy atom. The van der Waals surface area contributed by atoms with E-state index in [2.05, 4.69) is 27.1 Å². The van der Waals surface area contributed by atoms with Gasteiger partial charge in [-0.15, -0.1) is 28.1 Å². The molecule has 2 aromatic heterocycles. The Kier molecular flexibility index (Phi) is 6.20. The third-order valence-electron chi connectivity index (χ3n) is 3.81. The van der Waals surface area contributed by atoms with E-state index in [4.69, 9.17) is 0 Å². The molecule has 28 heavy (non-hydrogen) atoms. The van der Waals surface area contributed by atoms with Crippen LogP contribution in [0.1, 0.15) is 12.7 Å². The molecule has 10 heteroatoms. The number of aromatic nitrogens is 4. The molecule has 0 saturated carbocycles. The Bertz CT molecular complexity index is 1020. The summed E-state index contributed by atoms with van der Waals surface area (Å²) in [5.41, 5.74) is 0.895. The van der Waals surface area contributed by atoms with Crippen LogP contribution in [0.2, 0.25) is 0 Å². The molecule has 146 valence electrons. The highest BCUT2D eigenvalue weighted by molar-refractivity contribution is 8.00. The normalized spacial score (nSPS) is 12.0. The molecule has 0 fully saturated rings. The van der Waals surface area contributed by atoms with E-state index in [1.165, 1.54) is 29.2 Å². The van der Waals surface area contributed by atoms with Gasteiger partial charge in [-0.05, 0) is 32.0 Å². The maximum Gasteiger partial charge on any atom is 0.239 e. The van der Waals surface area contributed by atoms with E-state index >= 15 is 0 Å². The van der Waals surface area contributed by atoms with Crippen molar-refractivity contribution in [3.8, 4) is 11.3 Å². The van der Waals surface area contributed by atoms with Gasteiger partial charge < -0.3 is 9.88 Å². The number of thiazole rings is 1. The predicted octanol–water partition coefficient (Wildman–Crippen LogP) is 4.29. The van der Waals surface area contributed by atoms with E-state index in [0.29, 0.717) is 28.1 Å². The summed E-state index contributed by atoms with van der Waals surface area (Å²) in [5, 5.41) is 13.1. The maximum atomic E-state index is 13.4. The van der Waals surface area contributed by atoms with Crippen molar-refractivity contribution < 1.29 is 13.6 Å². The molecule has 0 bridgehead atoms. The Labute approximate surface area is 168 Å². The van der Waals surface area contributed by atoms with Gasteiger partial charge in [0.25, 0.3) is 0 Å². The molecular formula is C18H17F2N5OS2. The van der Waals surface area contributed by atoms with Crippen molar-refractivity contribution in [2.24, 2.45) is 0 Å². The molecule has 0 aliphatic heterocycles. The van der Waals surface area contributed by atoms with Crippen LogP contribution >= 0.6 is 23.1 Å². The summed E-state index contributed by atoms with van der Waals surface area (Å²) in [7, 11) is 0. The van der Waals surface area contributed by atoms with Crippen LogP contribution < -0.4 is 5.32 Å². The minimum absolute atomic E-state index is 0.248. The van der Waals surface area contributed by atoms with Crippen LogP contribution in [0.25, 0.3) is 11.3 Å². The number of hydrogen-bond donors (Lipinski definition) is 1. The molecule has 0 saturated heterocycles. The van der Waals surface area contributed by atoms with E-state index in [0.717, 1.165) is 18.0 Å². The summed E-state index contributed by atoms with van der Waals surface area (Å²) in [6, 6.07) is 3.55. The van der Waals surface area contributed by atoms with Crippen LogP contribution in [0, 0.1) is 18.6 Å². The SMILES string of the molecule is C=CCn1c(C)nnc1SC(C)C(=O)Nc1nc(-c2ccc(F)c(F)c2)cs1. The number of aryl methyl sites for hydroxylation is 1. The number of carbonyl (C=O) groups is 1. The van der Waals surface area contributed by atoms with Gasteiger partial charge >= 0.3 is 0 Å². The molecule has 1 aromatic carbocycles. The Morgan fingerprint density at radius 2 is 2.18 bits per heavy atom. The highest BCUT2D eigenvalue weighted by atomic mass is 32.2. The van der Waals surface area contributed by atoms with Gasteiger partial charge in [0.2, 0.25) is 5.91 Å².